The van der Waals surface area contributed by atoms with Gasteiger partial charge >= 0.3 is 0 Å². The summed E-state index contributed by atoms with van der Waals surface area (Å²) < 4.78 is 23.6. The van der Waals surface area contributed by atoms with Gasteiger partial charge in [0.1, 0.15) is 10.7 Å². The third-order valence-electron chi connectivity index (χ3n) is 3.63. The zero-order valence-corrected chi connectivity index (χ0v) is 13.0. The first kappa shape index (κ1) is 15.3. The highest BCUT2D eigenvalue weighted by Gasteiger charge is 2.24. The van der Waals surface area contributed by atoms with Crippen molar-refractivity contribution in [1.29, 1.82) is 0 Å². The number of hydrogen-bond donors (Lipinski definition) is 1. The summed E-state index contributed by atoms with van der Waals surface area (Å²) in [6.45, 7) is 4.90. The lowest BCUT2D eigenvalue weighted by Gasteiger charge is -2.34. The molecule has 112 valence electrons. The molecule has 1 fully saturated rings. The molecule has 2 rings (SSSR count). The van der Waals surface area contributed by atoms with Gasteiger partial charge in [-0.1, -0.05) is 6.92 Å². The molecule has 20 heavy (non-hydrogen) atoms. The predicted octanol–water partition coefficient (Wildman–Crippen LogP) is 1.45. The van der Waals surface area contributed by atoms with Crippen molar-refractivity contribution in [2.75, 3.05) is 30.8 Å². The Morgan fingerprint density at radius 3 is 2.70 bits per heavy atom. The fraction of sp³-hybridized carbons (Fsp3) is 0.643. The summed E-state index contributed by atoms with van der Waals surface area (Å²) in [6.07, 6.45) is 6.09. The summed E-state index contributed by atoms with van der Waals surface area (Å²) in [5, 5.41) is 3.52. The molecule has 1 aliphatic heterocycles. The summed E-state index contributed by atoms with van der Waals surface area (Å²) in [4.78, 5) is 6.70. The van der Waals surface area contributed by atoms with Gasteiger partial charge in [0.15, 0.2) is 9.84 Å². The fourth-order valence-corrected chi connectivity index (χ4v) is 3.39. The molecule has 0 radical (unpaired) electrons. The van der Waals surface area contributed by atoms with Crippen LogP contribution in [0.5, 0.6) is 0 Å². The van der Waals surface area contributed by atoms with Crippen LogP contribution in [0.25, 0.3) is 0 Å². The standard InChI is InChI=1S/C14H23N3O2S/c1-3-8-15-12-6-10-17(11-7-12)14-13(20(2,18)19)5-4-9-16-14/h4-5,9,12,15H,3,6-8,10-11H2,1-2H3. The molecule has 2 heterocycles. The molecule has 1 aromatic heterocycles. The number of nitrogens with zero attached hydrogens (tertiary/aromatic N) is 2. The van der Waals surface area contributed by atoms with Crippen molar-refractivity contribution in [3.05, 3.63) is 18.3 Å². The lowest BCUT2D eigenvalue weighted by atomic mass is 10.0. The van der Waals surface area contributed by atoms with E-state index in [9.17, 15) is 8.42 Å². The van der Waals surface area contributed by atoms with Crippen LogP contribution in [0.2, 0.25) is 0 Å². The predicted molar refractivity (Wildman–Crippen MR) is 80.9 cm³/mol. The molecule has 1 N–H and O–H groups in total. The number of hydrogen-bond acceptors (Lipinski definition) is 5. The lowest BCUT2D eigenvalue weighted by molar-refractivity contribution is 0.413. The fourth-order valence-electron chi connectivity index (χ4n) is 2.55. The molecule has 0 bridgehead atoms. The number of piperidine rings is 1. The SMILES string of the molecule is CCCNC1CCN(c2ncccc2S(C)(=O)=O)CC1. The Morgan fingerprint density at radius 2 is 2.10 bits per heavy atom. The van der Waals surface area contributed by atoms with Gasteiger partial charge in [-0.15, -0.1) is 0 Å². The van der Waals surface area contributed by atoms with Crippen LogP contribution in [0.4, 0.5) is 5.82 Å². The maximum atomic E-state index is 11.8. The van der Waals surface area contributed by atoms with E-state index in [1.165, 1.54) is 6.26 Å². The van der Waals surface area contributed by atoms with Crippen LogP contribution in [-0.4, -0.2) is 45.3 Å². The first-order valence-corrected chi connectivity index (χ1v) is 9.05. The van der Waals surface area contributed by atoms with E-state index in [1.807, 2.05) is 0 Å². The van der Waals surface area contributed by atoms with Gasteiger partial charge in [0.05, 0.1) is 0 Å². The number of sulfone groups is 1. The molecular formula is C14H23N3O2S. The molecule has 0 atom stereocenters. The van der Waals surface area contributed by atoms with Crippen molar-refractivity contribution >= 4 is 15.7 Å². The second-order valence-corrected chi connectivity index (χ2v) is 7.30. The maximum absolute atomic E-state index is 11.8. The maximum Gasteiger partial charge on any atom is 0.179 e. The summed E-state index contributed by atoms with van der Waals surface area (Å²) in [6, 6.07) is 3.85. The number of nitrogens with one attached hydrogen (secondary N) is 1. The molecule has 0 saturated carbocycles. The molecular weight excluding hydrogens is 274 g/mol. The van der Waals surface area contributed by atoms with Gasteiger partial charge in [0.2, 0.25) is 0 Å². The van der Waals surface area contributed by atoms with Crippen LogP contribution in [-0.2, 0) is 9.84 Å². The van der Waals surface area contributed by atoms with Crippen molar-refractivity contribution in [3.8, 4) is 0 Å². The quantitative estimate of drug-likeness (QED) is 0.891. The van der Waals surface area contributed by atoms with Crippen molar-refractivity contribution in [3.63, 3.8) is 0 Å². The number of pyridine rings is 1. The Balaban J connectivity index is 2.08. The third-order valence-corrected chi connectivity index (χ3v) is 4.75. The van der Waals surface area contributed by atoms with E-state index in [2.05, 4.69) is 22.1 Å². The van der Waals surface area contributed by atoms with Crippen molar-refractivity contribution in [2.24, 2.45) is 0 Å². The van der Waals surface area contributed by atoms with Crippen LogP contribution in [0.15, 0.2) is 23.2 Å². The minimum absolute atomic E-state index is 0.333. The van der Waals surface area contributed by atoms with Crippen molar-refractivity contribution < 1.29 is 8.42 Å². The smallest absolute Gasteiger partial charge is 0.179 e. The molecule has 0 unspecified atom stereocenters. The van der Waals surface area contributed by atoms with E-state index in [4.69, 9.17) is 0 Å². The highest BCUT2D eigenvalue weighted by atomic mass is 32.2. The highest BCUT2D eigenvalue weighted by Crippen LogP contribution is 2.25. The van der Waals surface area contributed by atoms with E-state index in [-0.39, 0.29) is 0 Å². The van der Waals surface area contributed by atoms with Gasteiger partial charge in [-0.2, -0.15) is 0 Å². The van der Waals surface area contributed by atoms with Crippen LogP contribution in [0, 0.1) is 0 Å². The van der Waals surface area contributed by atoms with E-state index in [0.717, 1.165) is 38.9 Å². The Hall–Kier alpha value is -1.14. The summed E-state index contributed by atoms with van der Waals surface area (Å²) in [5.41, 5.74) is 0. The second-order valence-electron chi connectivity index (χ2n) is 5.31. The zero-order valence-electron chi connectivity index (χ0n) is 12.2. The van der Waals surface area contributed by atoms with Crippen LogP contribution in [0.1, 0.15) is 26.2 Å². The average Bonchev–Trinajstić information content (AvgIpc) is 2.45. The van der Waals surface area contributed by atoms with Crippen LogP contribution < -0.4 is 10.2 Å². The first-order valence-electron chi connectivity index (χ1n) is 7.15. The Bertz CT molecular complexity index is 537. The van der Waals surface area contributed by atoms with Crippen LogP contribution in [0.3, 0.4) is 0 Å². The molecule has 0 aromatic carbocycles. The Morgan fingerprint density at radius 1 is 1.40 bits per heavy atom. The summed E-state index contributed by atoms with van der Waals surface area (Å²) in [7, 11) is -3.23. The largest absolute Gasteiger partial charge is 0.355 e. The topological polar surface area (TPSA) is 62.3 Å². The van der Waals surface area contributed by atoms with Gasteiger partial charge in [-0.25, -0.2) is 13.4 Å². The summed E-state index contributed by atoms with van der Waals surface area (Å²) in [5.74, 6) is 0.601. The minimum Gasteiger partial charge on any atom is -0.355 e. The Kier molecular flexibility index (Phi) is 4.99. The van der Waals surface area contributed by atoms with E-state index < -0.39 is 9.84 Å². The molecule has 5 nitrogen and oxygen atoms in total. The van der Waals surface area contributed by atoms with E-state index in [0.29, 0.717) is 16.8 Å². The first-order chi connectivity index (χ1) is 9.52. The molecule has 0 aliphatic carbocycles. The van der Waals surface area contributed by atoms with Gasteiger partial charge in [0, 0.05) is 31.6 Å². The minimum atomic E-state index is -3.23. The molecule has 1 aromatic rings. The molecule has 1 aliphatic rings. The number of anilines is 1. The molecule has 0 spiro atoms. The molecule has 0 amide bonds. The normalized spacial score (nSPS) is 17.4. The van der Waals surface area contributed by atoms with Crippen molar-refractivity contribution in [1.82, 2.24) is 10.3 Å². The van der Waals surface area contributed by atoms with E-state index in [1.54, 1.807) is 18.3 Å². The van der Waals surface area contributed by atoms with Gasteiger partial charge in [0.25, 0.3) is 0 Å². The van der Waals surface area contributed by atoms with Crippen molar-refractivity contribution in [2.45, 2.75) is 37.1 Å². The summed E-state index contributed by atoms with van der Waals surface area (Å²) >= 11 is 0. The number of aromatic nitrogens is 1. The molecule has 6 heteroatoms. The Labute approximate surface area is 121 Å². The zero-order chi connectivity index (χ0) is 14.6. The lowest BCUT2D eigenvalue weighted by Crippen LogP contribution is -2.43. The van der Waals surface area contributed by atoms with E-state index >= 15 is 0 Å². The number of rotatable bonds is 5. The monoisotopic (exact) mass is 297 g/mol. The average molecular weight is 297 g/mol. The van der Waals surface area contributed by atoms with Gasteiger partial charge in [-0.3, -0.25) is 0 Å². The van der Waals surface area contributed by atoms with Gasteiger partial charge in [-0.05, 0) is 37.9 Å². The van der Waals surface area contributed by atoms with Gasteiger partial charge < -0.3 is 10.2 Å². The molecule has 1 saturated heterocycles. The highest BCUT2D eigenvalue weighted by molar-refractivity contribution is 7.90. The second kappa shape index (κ2) is 6.54. The third kappa shape index (κ3) is 3.70. The van der Waals surface area contributed by atoms with Crippen LogP contribution >= 0.6 is 0 Å².